The Bertz CT molecular complexity index is 559. The zero-order chi connectivity index (χ0) is 13.1. The van der Waals surface area contributed by atoms with E-state index >= 15 is 0 Å². The van der Waals surface area contributed by atoms with Gasteiger partial charge < -0.3 is 5.73 Å². The molecule has 0 saturated heterocycles. The SMILES string of the molecule is NC(Cc1ccccc1Cl)c1ccc(Br)c(F)c1. The second-order valence-electron chi connectivity index (χ2n) is 4.08. The van der Waals surface area contributed by atoms with Crippen LogP contribution < -0.4 is 5.73 Å². The first-order valence-corrected chi connectivity index (χ1v) is 6.69. The van der Waals surface area contributed by atoms with Crippen LogP contribution in [0.5, 0.6) is 0 Å². The normalized spacial score (nSPS) is 12.4. The van der Waals surface area contributed by atoms with E-state index in [-0.39, 0.29) is 11.9 Å². The van der Waals surface area contributed by atoms with Gasteiger partial charge in [0.25, 0.3) is 0 Å². The second kappa shape index (κ2) is 5.83. The minimum atomic E-state index is -0.304. The van der Waals surface area contributed by atoms with E-state index in [9.17, 15) is 4.39 Å². The Labute approximate surface area is 119 Å². The van der Waals surface area contributed by atoms with Crippen molar-refractivity contribution < 1.29 is 4.39 Å². The third-order valence-electron chi connectivity index (χ3n) is 2.77. The molecule has 1 unspecified atom stereocenters. The molecule has 2 aromatic rings. The lowest BCUT2D eigenvalue weighted by Crippen LogP contribution is -2.13. The average molecular weight is 329 g/mol. The van der Waals surface area contributed by atoms with Crippen molar-refractivity contribution in [3.63, 3.8) is 0 Å². The molecule has 0 aliphatic rings. The summed E-state index contributed by atoms with van der Waals surface area (Å²) < 4.78 is 13.9. The molecule has 0 radical (unpaired) electrons. The lowest BCUT2D eigenvalue weighted by molar-refractivity contribution is 0.612. The van der Waals surface area contributed by atoms with Crippen molar-refractivity contribution in [2.45, 2.75) is 12.5 Å². The maximum atomic E-state index is 13.4. The van der Waals surface area contributed by atoms with Crippen LogP contribution in [0.3, 0.4) is 0 Å². The van der Waals surface area contributed by atoms with E-state index in [1.807, 2.05) is 30.3 Å². The fraction of sp³-hybridized carbons (Fsp3) is 0.143. The molecule has 0 aliphatic carbocycles. The monoisotopic (exact) mass is 327 g/mol. The molecule has 0 spiro atoms. The first kappa shape index (κ1) is 13.5. The third-order valence-corrected chi connectivity index (χ3v) is 3.78. The minimum absolute atomic E-state index is 0.271. The summed E-state index contributed by atoms with van der Waals surface area (Å²) in [5, 5.41) is 0.686. The molecule has 4 heteroatoms. The molecule has 2 rings (SSSR count). The highest BCUT2D eigenvalue weighted by Crippen LogP contribution is 2.24. The van der Waals surface area contributed by atoms with Crippen LogP contribution in [0, 0.1) is 5.82 Å². The molecular formula is C14H12BrClFN. The average Bonchev–Trinajstić information content (AvgIpc) is 2.35. The maximum absolute atomic E-state index is 13.4. The predicted molar refractivity (Wildman–Crippen MR) is 76.2 cm³/mol. The largest absolute Gasteiger partial charge is 0.324 e. The van der Waals surface area contributed by atoms with Crippen LogP contribution in [0.4, 0.5) is 4.39 Å². The molecule has 1 nitrogen and oxygen atoms in total. The molecule has 0 bridgehead atoms. The molecule has 0 saturated carbocycles. The van der Waals surface area contributed by atoms with Gasteiger partial charge in [-0.05, 0) is 51.7 Å². The summed E-state index contributed by atoms with van der Waals surface area (Å²) in [7, 11) is 0. The van der Waals surface area contributed by atoms with Crippen LogP contribution >= 0.6 is 27.5 Å². The van der Waals surface area contributed by atoms with Crippen molar-refractivity contribution in [3.05, 3.63) is 68.9 Å². The van der Waals surface area contributed by atoms with E-state index in [0.29, 0.717) is 15.9 Å². The molecule has 0 amide bonds. The van der Waals surface area contributed by atoms with Crippen LogP contribution in [0.25, 0.3) is 0 Å². The Morgan fingerprint density at radius 3 is 2.61 bits per heavy atom. The summed E-state index contributed by atoms with van der Waals surface area (Å²) in [5.74, 6) is -0.304. The van der Waals surface area contributed by atoms with Gasteiger partial charge in [0.05, 0.1) is 4.47 Å². The van der Waals surface area contributed by atoms with Gasteiger partial charge in [0.1, 0.15) is 5.82 Å². The molecule has 0 aromatic heterocycles. The van der Waals surface area contributed by atoms with Gasteiger partial charge in [0.2, 0.25) is 0 Å². The molecule has 1 atom stereocenters. The summed E-state index contributed by atoms with van der Waals surface area (Å²) in [6, 6.07) is 12.2. The molecule has 94 valence electrons. The number of halogens is 3. The highest BCUT2D eigenvalue weighted by atomic mass is 79.9. The van der Waals surface area contributed by atoms with Gasteiger partial charge in [-0.3, -0.25) is 0 Å². The Balaban J connectivity index is 2.19. The highest BCUT2D eigenvalue weighted by Gasteiger charge is 2.11. The van der Waals surface area contributed by atoms with Gasteiger partial charge in [0.15, 0.2) is 0 Å². The molecule has 0 fully saturated rings. The number of nitrogens with two attached hydrogens (primary N) is 1. The van der Waals surface area contributed by atoms with Gasteiger partial charge in [-0.15, -0.1) is 0 Å². The van der Waals surface area contributed by atoms with E-state index in [0.717, 1.165) is 11.1 Å². The summed E-state index contributed by atoms with van der Waals surface area (Å²) in [6.07, 6.45) is 0.584. The molecule has 2 aromatic carbocycles. The van der Waals surface area contributed by atoms with Gasteiger partial charge in [-0.1, -0.05) is 35.9 Å². The lowest BCUT2D eigenvalue weighted by Gasteiger charge is -2.13. The van der Waals surface area contributed by atoms with E-state index in [2.05, 4.69) is 15.9 Å². The van der Waals surface area contributed by atoms with E-state index in [1.54, 1.807) is 6.07 Å². The van der Waals surface area contributed by atoms with Gasteiger partial charge in [-0.25, -0.2) is 4.39 Å². The Kier molecular flexibility index (Phi) is 4.38. The fourth-order valence-electron chi connectivity index (χ4n) is 1.76. The quantitative estimate of drug-likeness (QED) is 0.883. The van der Waals surface area contributed by atoms with Crippen molar-refractivity contribution >= 4 is 27.5 Å². The first-order valence-electron chi connectivity index (χ1n) is 5.52. The summed E-state index contributed by atoms with van der Waals surface area (Å²) in [6.45, 7) is 0. The van der Waals surface area contributed by atoms with Crippen LogP contribution in [0.15, 0.2) is 46.9 Å². The molecular weight excluding hydrogens is 317 g/mol. The predicted octanol–water partition coefficient (Wildman–Crippen LogP) is 4.48. The zero-order valence-corrected chi connectivity index (χ0v) is 11.9. The second-order valence-corrected chi connectivity index (χ2v) is 5.34. The Morgan fingerprint density at radius 2 is 1.94 bits per heavy atom. The van der Waals surface area contributed by atoms with Crippen molar-refractivity contribution in [2.24, 2.45) is 5.73 Å². The fourth-order valence-corrected chi connectivity index (χ4v) is 2.22. The minimum Gasteiger partial charge on any atom is -0.324 e. The number of rotatable bonds is 3. The van der Waals surface area contributed by atoms with Crippen LogP contribution in [-0.2, 0) is 6.42 Å². The van der Waals surface area contributed by atoms with Crippen molar-refractivity contribution in [2.75, 3.05) is 0 Å². The topological polar surface area (TPSA) is 26.0 Å². The van der Waals surface area contributed by atoms with Crippen molar-refractivity contribution in [1.29, 1.82) is 0 Å². The van der Waals surface area contributed by atoms with Gasteiger partial charge >= 0.3 is 0 Å². The molecule has 2 N–H and O–H groups in total. The molecule has 0 aliphatic heterocycles. The van der Waals surface area contributed by atoms with E-state index in [1.165, 1.54) is 6.07 Å². The standard InChI is InChI=1S/C14H12BrClFN/c15-11-6-5-10(7-13(11)17)14(18)8-9-3-1-2-4-12(9)16/h1-7,14H,8,18H2. The number of hydrogen-bond acceptors (Lipinski definition) is 1. The summed E-state index contributed by atoms with van der Waals surface area (Å²) in [4.78, 5) is 0. The first-order chi connectivity index (χ1) is 8.58. The maximum Gasteiger partial charge on any atom is 0.137 e. The van der Waals surface area contributed by atoms with Gasteiger partial charge in [-0.2, -0.15) is 0 Å². The third kappa shape index (κ3) is 3.10. The summed E-state index contributed by atoms with van der Waals surface area (Å²) in [5.41, 5.74) is 7.80. The lowest BCUT2D eigenvalue weighted by atomic mass is 10.00. The summed E-state index contributed by atoms with van der Waals surface area (Å²) >= 11 is 9.20. The van der Waals surface area contributed by atoms with Gasteiger partial charge in [0, 0.05) is 11.1 Å². The van der Waals surface area contributed by atoms with Crippen LogP contribution in [0.1, 0.15) is 17.2 Å². The van der Waals surface area contributed by atoms with E-state index < -0.39 is 0 Å². The van der Waals surface area contributed by atoms with Crippen LogP contribution in [0.2, 0.25) is 5.02 Å². The van der Waals surface area contributed by atoms with E-state index in [4.69, 9.17) is 17.3 Å². The smallest absolute Gasteiger partial charge is 0.137 e. The van der Waals surface area contributed by atoms with Crippen molar-refractivity contribution in [3.8, 4) is 0 Å². The zero-order valence-electron chi connectivity index (χ0n) is 9.54. The number of hydrogen-bond donors (Lipinski definition) is 1. The number of benzene rings is 2. The Hall–Kier alpha value is -0.900. The highest BCUT2D eigenvalue weighted by molar-refractivity contribution is 9.10. The molecule has 18 heavy (non-hydrogen) atoms. The molecule has 0 heterocycles. The Morgan fingerprint density at radius 1 is 1.22 bits per heavy atom. The van der Waals surface area contributed by atoms with Crippen LogP contribution in [-0.4, -0.2) is 0 Å². The van der Waals surface area contributed by atoms with Crippen molar-refractivity contribution in [1.82, 2.24) is 0 Å².